The molecule has 0 atom stereocenters. The van der Waals surface area contributed by atoms with Crippen molar-refractivity contribution < 1.29 is 19.3 Å². The molecule has 0 aliphatic rings. The molecule has 3 aromatic rings. The molecular formula is C20H19N2O3S+. The van der Waals surface area contributed by atoms with Crippen LogP contribution in [-0.4, -0.2) is 24.7 Å². The van der Waals surface area contributed by atoms with Gasteiger partial charge in [-0.15, -0.1) is 0 Å². The Labute approximate surface area is 155 Å². The first-order valence-electron chi connectivity index (χ1n) is 8.09. The van der Waals surface area contributed by atoms with Crippen molar-refractivity contribution >= 4 is 40.2 Å². The van der Waals surface area contributed by atoms with E-state index in [0.717, 1.165) is 10.5 Å². The summed E-state index contributed by atoms with van der Waals surface area (Å²) in [6, 6.07) is 16.7. The van der Waals surface area contributed by atoms with Crippen LogP contribution in [0.1, 0.15) is 15.9 Å². The van der Waals surface area contributed by atoms with Gasteiger partial charge >= 0.3 is 5.97 Å². The van der Waals surface area contributed by atoms with Gasteiger partial charge in [-0.25, -0.2) is 4.79 Å². The van der Waals surface area contributed by atoms with Crippen molar-refractivity contribution in [2.45, 2.75) is 11.9 Å². The van der Waals surface area contributed by atoms with Crippen molar-refractivity contribution in [3.8, 4) is 0 Å². The highest BCUT2D eigenvalue weighted by Gasteiger charge is 2.12. The predicted molar refractivity (Wildman–Crippen MR) is 102 cm³/mol. The molecule has 2 N–H and O–H groups in total. The van der Waals surface area contributed by atoms with Gasteiger partial charge in [0.25, 0.3) is 0 Å². The molecule has 1 amide bonds. The summed E-state index contributed by atoms with van der Waals surface area (Å²) in [4.78, 5) is 26.9. The van der Waals surface area contributed by atoms with Crippen LogP contribution in [0.2, 0.25) is 0 Å². The zero-order valence-electron chi connectivity index (χ0n) is 14.5. The van der Waals surface area contributed by atoms with Crippen LogP contribution in [0.15, 0.2) is 59.6 Å². The quantitative estimate of drug-likeness (QED) is 0.554. The number of benzene rings is 2. The van der Waals surface area contributed by atoms with Crippen molar-refractivity contribution in [2.24, 2.45) is 0 Å². The molecule has 0 saturated carbocycles. The van der Waals surface area contributed by atoms with E-state index in [-0.39, 0.29) is 11.7 Å². The minimum Gasteiger partial charge on any atom is -0.465 e. The second-order valence-electron chi connectivity index (χ2n) is 5.77. The van der Waals surface area contributed by atoms with Gasteiger partial charge in [0.1, 0.15) is 0 Å². The van der Waals surface area contributed by atoms with Crippen LogP contribution in [0.25, 0.3) is 10.9 Å². The Bertz CT molecular complexity index is 955. The van der Waals surface area contributed by atoms with Gasteiger partial charge in [-0.1, -0.05) is 12.1 Å². The Kier molecular flexibility index (Phi) is 5.53. The van der Waals surface area contributed by atoms with Crippen LogP contribution < -0.4 is 10.3 Å². The number of methoxy groups -OCH3 is 1. The number of pyridine rings is 1. The molecule has 1 aromatic heterocycles. The smallest absolute Gasteiger partial charge is 0.337 e. The maximum absolute atomic E-state index is 12.2. The van der Waals surface area contributed by atoms with E-state index in [0.29, 0.717) is 11.3 Å². The van der Waals surface area contributed by atoms with Crippen molar-refractivity contribution in [2.75, 3.05) is 18.2 Å². The summed E-state index contributed by atoms with van der Waals surface area (Å²) in [5.41, 5.74) is 3.30. The van der Waals surface area contributed by atoms with Crippen molar-refractivity contribution in [3.05, 3.63) is 65.7 Å². The first-order chi connectivity index (χ1) is 12.6. The van der Waals surface area contributed by atoms with Crippen LogP contribution in [0.3, 0.4) is 0 Å². The second-order valence-corrected chi connectivity index (χ2v) is 6.79. The van der Waals surface area contributed by atoms with Gasteiger partial charge in [-0.2, -0.15) is 4.98 Å². The SMILES string of the molecule is COC(=O)c1ccc(NC(=O)CSc2cc(C)c3ccccc3[nH+]2)cc1. The number of ether oxygens (including phenoxy) is 1. The number of carbonyl (C=O) groups is 2. The lowest BCUT2D eigenvalue weighted by molar-refractivity contribution is -0.395. The third kappa shape index (κ3) is 4.21. The number of aromatic amines is 1. The number of hydrogen-bond donors (Lipinski definition) is 1. The van der Waals surface area contributed by atoms with E-state index in [9.17, 15) is 9.59 Å². The summed E-state index contributed by atoms with van der Waals surface area (Å²) in [6.07, 6.45) is 0. The molecular weight excluding hydrogens is 348 g/mol. The summed E-state index contributed by atoms with van der Waals surface area (Å²) in [6.45, 7) is 2.06. The van der Waals surface area contributed by atoms with E-state index in [4.69, 9.17) is 0 Å². The second kappa shape index (κ2) is 8.01. The molecule has 0 unspecified atom stereocenters. The molecule has 0 saturated heterocycles. The van der Waals surface area contributed by atoms with Gasteiger partial charge in [0.05, 0.1) is 18.4 Å². The number of fused-ring (bicyclic) bond motifs is 1. The van der Waals surface area contributed by atoms with E-state index < -0.39 is 5.97 Å². The highest BCUT2D eigenvalue weighted by Crippen LogP contribution is 2.20. The molecule has 0 fully saturated rings. The summed E-state index contributed by atoms with van der Waals surface area (Å²) in [7, 11) is 1.33. The number of hydrogen-bond acceptors (Lipinski definition) is 4. The molecule has 5 nitrogen and oxygen atoms in total. The van der Waals surface area contributed by atoms with Crippen LogP contribution in [0.4, 0.5) is 5.69 Å². The van der Waals surface area contributed by atoms with Gasteiger partial charge in [0.2, 0.25) is 16.4 Å². The highest BCUT2D eigenvalue weighted by atomic mass is 32.2. The number of H-pyrrole nitrogens is 1. The van der Waals surface area contributed by atoms with Gasteiger partial charge < -0.3 is 10.1 Å². The molecule has 0 spiro atoms. The Hall–Kier alpha value is -2.86. The maximum atomic E-state index is 12.2. The third-order valence-corrected chi connectivity index (χ3v) is 4.84. The predicted octanol–water partition coefficient (Wildman–Crippen LogP) is 3.48. The standard InChI is InChI=1S/C20H18N2O3S/c1-13-11-19(22-17-6-4-3-5-16(13)17)26-12-18(23)21-15-9-7-14(8-10-15)20(24)25-2/h3-11H,12H2,1-2H3,(H,21,23)/p+1. The van der Waals surface area contributed by atoms with Crippen LogP contribution in [-0.2, 0) is 9.53 Å². The van der Waals surface area contributed by atoms with Gasteiger partial charge in [-0.3, -0.25) is 4.79 Å². The number of aryl methyl sites for hydroxylation is 1. The Balaban J connectivity index is 1.61. The minimum atomic E-state index is -0.402. The number of carbonyl (C=O) groups excluding carboxylic acids is 2. The third-order valence-electron chi connectivity index (χ3n) is 3.91. The van der Waals surface area contributed by atoms with E-state index in [1.807, 2.05) is 24.3 Å². The number of esters is 1. The summed E-state index contributed by atoms with van der Waals surface area (Å²) >= 11 is 1.45. The largest absolute Gasteiger partial charge is 0.465 e. The number of thioether (sulfide) groups is 1. The Morgan fingerprint density at radius 1 is 1.12 bits per heavy atom. The van der Waals surface area contributed by atoms with E-state index >= 15 is 0 Å². The lowest BCUT2D eigenvalue weighted by atomic mass is 10.1. The molecule has 132 valence electrons. The Morgan fingerprint density at radius 2 is 1.85 bits per heavy atom. The molecule has 26 heavy (non-hydrogen) atoms. The summed E-state index contributed by atoms with van der Waals surface area (Å²) in [5, 5.41) is 4.94. The van der Waals surface area contributed by atoms with E-state index in [1.54, 1.807) is 24.3 Å². The molecule has 1 heterocycles. The number of nitrogens with one attached hydrogen (secondary N) is 2. The van der Waals surface area contributed by atoms with Crippen LogP contribution >= 0.6 is 11.8 Å². The van der Waals surface area contributed by atoms with Gasteiger partial charge in [0, 0.05) is 23.2 Å². The molecule has 0 bridgehead atoms. The molecule has 2 aromatic carbocycles. The number of amides is 1. The fourth-order valence-corrected chi connectivity index (χ4v) is 3.41. The van der Waals surface area contributed by atoms with Crippen molar-refractivity contribution in [3.63, 3.8) is 0 Å². The number of para-hydroxylation sites is 1. The maximum Gasteiger partial charge on any atom is 0.337 e. The zero-order chi connectivity index (χ0) is 18.5. The number of anilines is 1. The monoisotopic (exact) mass is 367 g/mol. The van der Waals surface area contributed by atoms with Crippen molar-refractivity contribution in [1.29, 1.82) is 0 Å². The van der Waals surface area contributed by atoms with E-state index in [2.05, 4.69) is 28.0 Å². The minimum absolute atomic E-state index is 0.111. The van der Waals surface area contributed by atoms with Gasteiger partial charge in [-0.05, 0) is 54.6 Å². The highest BCUT2D eigenvalue weighted by molar-refractivity contribution is 7.99. The normalized spacial score (nSPS) is 10.5. The summed E-state index contributed by atoms with van der Waals surface area (Å²) < 4.78 is 4.65. The summed E-state index contributed by atoms with van der Waals surface area (Å²) in [5.74, 6) is -0.229. The molecule has 6 heteroatoms. The number of rotatable bonds is 5. The molecule has 0 radical (unpaired) electrons. The fourth-order valence-electron chi connectivity index (χ4n) is 2.60. The van der Waals surface area contributed by atoms with Crippen molar-refractivity contribution in [1.82, 2.24) is 0 Å². The first kappa shape index (κ1) is 17.9. The average molecular weight is 367 g/mol. The average Bonchev–Trinajstić information content (AvgIpc) is 2.66. The van der Waals surface area contributed by atoms with Crippen LogP contribution in [0, 0.1) is 6.92 Å². The molecule has 3 rings (SSSR count). The lowest BCUT2D eigenvalue weighted by Gasteiger charge is -2.05. The topological polar surface area (TPSA) is 69.5 Å². The Morgan fingerprint density at radius 3 is 2.58 bits per heavy atom. The zero-order valence-corrected chi connectivity index (χ0v) is 15.4. The lowest BCUT2D eigenvalue weighted by Crippen LogP contribution is -2.16. The number of aromatic nitrogens is 1. The van der Waals surface area contributed by atoms with E-state index in [1.165, 1.54) is 29.8 Å². The van der Waals surface area contributed by atoms with Gasteiger partial charge in [0.15, 0.2) is 0 Å². The molecule has 0 aliphatic heterocycles. The first-order valence-corrected chi connectivity index (χ1v) is 9.08. The van der Waals surface area contributed by atoms with Crippen LogP contribution in [0.5, 0.6) is 0 Å². The molecule has 0 aliphatic carbocycles. The fraction of sp³-hybridized carbons (Fsp3) is 0.150.